The Labute approximate surface area is 107 Å². The average molecular weight is 257 g/mol. The number of likely N-dealkylation sites (N-methyl/N-ethyl adjacent to an activating group) is 1. The van der Waals surface area contributed by atoms with Crippen LogP contribution in [0.2, 0.25) is 0 Å². The summed E-state index contributed by atoms with van der Waals surface area (Å²) in [5.74, 6) is -0.388. The van der Waals surface area contributed by atoms with E-state index >= 15 is 0 Å². The molecule has 5 heteroatoms. The third-order valence-corrected chi connectivity index (χ3v) is 2.69. The topological polar surface area (TPSA) is 52.9 Å². The number of rotatable bonds is 6. The molecular weight excluding hydrogens is 237 g/mol. The van der Waals surface area contributed by atoms with E-state index in [0.717, 1.165) is 0 Å². The van der Waals surface area contributed by atoms with Gasteiger partial charge in [-0.25, -0.2) is 4.39 Å². The number of hydrogen-bond acceptors (Lipinski definition) is 4. The van der Waals surface area contributed by atoms with Gasteiger partial charge in [0.05, 0.1) is 18.8 Å². The predicted molar refractivity (Wildman–Crippen MR) is 68.2 cm³/mol. The number of nitrogens with zero attached hydrogens (tertiary/aromatic N) is 1. The molecule has 0 amide bonds. The first-order valence-corrected chi connectivity index (χ1v) is 5.81. The van der Waals surface area contributed by atoms with Crippen molar-refractivity contribution in [3.05, 3.63) is 29.6 Å². The Bertz CT molecular complexity index is 384. The molecule has 0 aromatic heterocycles. The molecular formula is C13H20FNO3. The fourth-order valence-corrected chi connectivity index (χ4v) is 1.87. The Hall–Kier alpha value is -1.17. The fourth-order valence-electron chi connectivity index (χ4n) is 1.87. The molecule has 0 aliphatic rings. The summed E-state index contributed by atoms with van der Waals surface area (Å²) in [7, 11) is 3.29. The van der Waals surface area contributed by atoms with Crippen LogP contribution in [0, 0.1) is 5.82 Å². The molecule has 102 valence electrons. The summed E-state index contributed by atoms with van der Waals surface area (Å²) in [4.78, 5) is 1.77. The van der Waals surface area contributed by atoms with Crippen molar-refractivity contribution < 1.29 is 19.3 Å². The maximum absolute atomic E-state index is 13.2. The van der Waals surface area contributed by atoms with Crippen molar-refractivity contribution >= 4 is 5.69 Å². The summed E-state index contributed by atoms with van der Waals surface area (Å²) in [6.07, 6.45) is -1.40. The number of halogens is 1. The Balaban J connectivity index is 2.87. The molecule has 0 spiro atoms. The highest BCUT2D eigenvalue weighted by molar-refractivity contribution is 5.54. The van der Waals surface area contributed by atoms with Crippen LogP contribution >= 0.6 is 0 Å². The first kappa shape index (κ1) is 14.9. The Morgan fingerprint density at radius 1 is 1.39 bits per heavy atom. The van der Waals surface area contributed by atoms with Gasteiger partial charge < -0.3 is 19.8 Å². The van der Waals surface area contributed by atoms with Crippen LogP contribution in [0.4, 0.5) is 10.1 Å². The van der Waals surface area contributed by atoms with Gasteiger partial charge in [-0.05, 0) is 25.1 Å². The lowest BCUT2D eigenvalue weighted by Gasteiger charge is -2.25. The Morgan fingerprint density at radius 3 is 2.61 bits per heavy atom. The lowest BCUT2D eigenvalue weighted by Crippen LogP contribution is -2.32. The van der Waals surface area contributed by atoms with E-state index in [2.05, 4.69) is 0 Å². The Kier molecular flexibility index (Phi) is 5.53. The highest BCUT2D eigenvalue weighted by Crippen LogP contribution is 2.26. The minimum atomic E-state index is -0.766. The number of hydrogen-bond donors (Lipinski definition) is 2. The predicted octanol–water partition coefficient (Wildman–Crippen LogP) is 1.32. The van der Waals surface area contributed by atoms with Crippen LogP contribution in [0.1, 0.15) is 18.6 Å². The first-order valence-electron chi connectivity index (χ1n) is 5.81. The summed E-state index contributed by atoms with van der Waals surface area (Å²) in [5.41, 5.74) is 1.20. The van der Waals surface area contributed by atoms with Crippen LogP contribution in [0.3, 0.4) is 0 Å². The molecule has 18 heavy (non-hydrogen) atoms. The van der Waals surface area contributed by atoms with Crippen molar-refractivity contribution in [3.8, 4) is 0 Å². The number of benzene rings is 1. The van der Waals surface area contributed by atoms with Crippen LogP contribution < -0.4 is 4.90 Å². The fraction of sp³-hybridized carbons (Fsp3) is 0.538. The normalized spacial score (nSPS) is 14.3. The van der Waals surface area contributed by atoms with Gasteiger partial charge in [0.15, 0.2) is 0 Å². The van der Waals surface area contributed by atoms with Gasteiger partial charge in [-0.2, -0.15) is 0 Å². The van der Waals surface area contributed by atoms with Crippen LogP contribution in [-0.4, -0.2) is 43.6 Å². The van der Waals surface area contributed by atoms with Crippen molar-refractivity contribution in [1.82, 2.24) is 0 Å². The van der Waals surface area contributed by atoms with Gasteiger partial charge in [-0.1, -0.05) is 0 Å². The van der Waals surface area contributed by atoms with Gasteiger partial charge in [0.25, 0.3) is 0 Å². The van der Waals surface area contributed by atoms with Crippen molar-refractivity contribution in [1.29, 1.82) is 0 Å². The Morgan fingerprint density at radius 2 is 2.06 bits per heavy atom. The number of aliphatic hydroxyl groups excluding tert-OH is 2. The van der Waals surface area contributed by atoms with Crippen molar-refractivity contribution in [2.24, 2.45) is 0 Å². The third-order valence-electron chi connectivity index (χ3n) is 2.69. The molecule has 4 nitrogen and oxygen atoms in total. The summed E-state index contributed by atoms with van der Waals surface area (Å²) in [6, 6.07) is 4.23. The molecule has 1 rings (SSSR count). The maximum Gasteiger partial charge on any atom is 0.123 e. The van der Waals surface area contributed by atoms with Crippen molar-refractivity contribution in [2.75, 3.05) is 32.2 Å². The minimum absolute atomic E-state index is 0.232. The monoisotopic (exact) mass is 257 g/mol. The van der Waals surface area contributed by atoms with Crippen LogP contribution in [-0.2, 0) is 4.74 Å². The smallest absolute Gasteiger partial charge is 0.123 e. The lowest BCUT2D eigenvalue weighted by molar-refractivity contribution is 0.0694. The number of ether oxygens (including phenoxy) is 1. The molecule has 0 bridgehead atoms. The molecule has 2 N–H and O–H groups in total. The van der Waals surface area contributed by atoms with Crippen molar-refractivity contribution in [3.63, 3.8) is 0 Å². The van der Waals surface area contributed by atoms with Crippen molar-refractivity contribution in [2.45, 2.75) is 19.1 Å². The molecule has 2 atom stereocenters. The van der Waals surface area contributed by atoms with E-state index in [0.29, 0.717) is 17.8 Å². The van der Waals surface area contributed by atoms with Gasteiger partial charge in [-0.3, -0.25) is 0 Å². The molecule has 0 fully saturated rings. The number of methoxy groups -OCH3 is 1. The van der Waals surface area contributed by atoms with Crippen LogP contribution in [0.15, 0.2) is 18.2 Å². The molecule has 0 aliphatic carbocycles. The molecule has 0 saturated carbocycles. The third kappa shape index (κ3) is 3.94. The van der Waals surface area contributed by atoms with Gasteiger partial charge in [-0.15, -0.1) is 0 Å². The molecule has 0 heterocycles. The van der Waals surface area contributed by atoms with Gasteiger partial charge in [0.1, 0.15) is 5.82 Å². The first-order chi connectivity index (χ1) is 8.45. The standard InChI is InChI=1S/C13H20FNO3/c1-9(16)12-6-10(14)4-5-13(12)15(2)7-11(17)8-18-3/h4-6,9,11,16-17H,7-8H2,1-3H3/t9-,11?/m1/s1. The second-order valence-corrected chi connectivity index (χ2v) is 4.37. The van der Waals surface area contributed by atoms with E-state index in [1.807, 2.05) is 0 Å². The largest absolute Gasteiger partial charge is 0.389 e. The minimum Gasteiger partial charge on any atom is -0.389 e. The summed E-state index contributed by atoms with van der Waals surface area (Å²) >= 11 is 0. The van der Waals surface area contributed by atoms with E-state index in [1.165, 1.54) is 19.2 Å². The van der Waals surface area contributed by atoms with E-state index in [1.54, 1.807) is 24.9 Å². The second-order valence-electron chi connectivity index (χ2n) is 4.37. The SMILES string of the molecule is COCC(O)CN(C)c1ccc(F)cc1[C@@H](C)O. The van der Waals surface area contributed by atoms with Crippen LogP contribution in [0.5, 0.6) is 0 Å². The van der Waals surface area contributed by atoms with Gasteiger partial charge in [0, 0.05) is 32.0 Å². The molecule has 1 unspecified atom stereocenters. The number of anilines is 1. The lowest BCUT2D eigenvalue weighted by atomic mass is 10.1. The van der Waals surface area contributed by atoms with Gasteiger partial charge in [0.2, 0.25) is 0 Å². The molecule has 0 aliphatic heterocycles. The zero-order valence-electron chi connectivity index (χ0n) is 10.9. The second kappa shape index (κ2) is 6.68. The van der Waals surface area contributed by atoms with E-state index in [-0.39, 0.29) is 12.4 Å². The highest BCUT2D eigenvalue weighted by atomic mass is 19.1. The van der Waals surface area contributed by atoms with Crippen LogP contribution in [0.25, 0.3) is 0 Å². The summed E-state index contributed by atoms with van der Waals surface area (Å²) in [6.45, 7) is 2.16. The summed E-state index contributed by atoms with van der Waals surface area (Å²) in [5, 5.41) is 19.3. The zero-order chi connectivity index (χ0) is 13.7. The average Bonchev–Trinajstić information content (AvgIpc) is 2.28. The number of aliphatic hydroxyl groups is 2. The maximum atomic E-state index is 13.2. The van der Waals surface area contributed by atoms with E-state index in [4.69, 9.17) is 4.74 Å². The molecule has 1 aromatic rings. The van der Waals surface area contributed by atoms with Gasteiger partial charge >= 0.3 is 0 Å². The quantitative estimate of drug-likeness (QED) is 0.807. The molecule has 0 saturated heterocycles. The van der Waals surface area contributed by atoms with E-state index < -0.39 is 12.2 Å². The van der Waals surface area contributed by atoms with E-state index in [9.17, 15) is 14.6 Å². The summed E-state index contributed by atoms with van der Waals surface area (Å²) < 4.78 is 18.0. The molecule has 1 aromatic carbocycles. The highest BCUT2D eigenvalue weighted by Gasteiger charge is 2.15. The molecule has 0 radical (unpaired) electrons. The zero-order valence-corrected chi connectivity index (χ0v) is 10.9.